The van der Waals surface area contributed by atoms with Gasteiger partial charge in [0.05, 0.1) is 11.7 Å². The molecule has 3 rings (SSSR count). The molecule has 0 aromatic heterocycles. The van der Waals surface area contributed by atoms with Crippen LogP contribution < -0.4 is 0 Å². The number of rotatable bonds is 3. The molecule has 0 heterocycles. The second-order valence-electron chi connectivity index (χ2n) is 8.42. The third kappa shape index (κ3) is 1.90. The Kier molecular flexibility index (Phi) is 3.49. The third-order valence-electron chi connectivity index (χ3n) is 7.64. The quantitative estimate of drug-likeness (QED) is 0.841. The van der Waals surface area contributed by atoms with Gasteiger partial charge in [0.15, 0.2) is 0 Å². The molecule has 2 bridgehead atoms. The maximum atomic E-state index is 11.3. The average molecular weight is 280 g/mol. The molecule has 0 saturated heterocycles. The van der Waals surface area contributed by atoms with Crippen LogP contribution in [0, 0.1) is 22.7 Å². The molecule has 116 valence electrons. The topological polar surface area (TPSA) is 29.5 Å². The van der Waals surface area contributed by atoms with Crippen LogP contribution in [0.3, 0.4) is 0 Å². The van der Waals surface area contributed by atoms with Crippen molar-refractivity contribution in [2.24, 2.45) is 22.7 Å². The summed E-state index contributed by atoms with van der Waals surface area (Å²) in [7, 11) is 0. The van der Waals surface area contributed by atoms with Crippen LogP contribution >= 0.6 is 0 Å². The van der Waals surface area contributed by atoms with Crippen LogP contribution in [0.1, 0.15) is 72.6 Å². The largest absolute Gasteiger partial charge is 0.390 e. The van der Waals surface area contributed by atoms with Crippen LogP contribution in [0.2, 0.25) is 0 Å². The Morgan fingerprint density at radius 1 is 1.05 bits per heavy atom. The molecular weight excluding hydrogens is 248 g/mol. The van der Waals surface area contributed by atoms with Crippen LogP contribution in [-0.2, 0) is 4.74 Å². The van der Waals surface area contributed by atoms with E-state index < -0.39 is 5.60 Å². The Morgan fingerprint density at radius 2 is 1.70 bits per heavy atom. The third-order valence-corrected chi connectivity index (χ3v) is 7.64. The van der Waals surface area contributed by atoms with E-state index in [-0.39, 0.29) is 0 Å². The van der Waals surface area contributed by atoms with Crippen LogP contribution in [0.4, 0.5) is 0 Å². The first-order valence-corrected chi connectivity index (χ1v) is 8.67. The van der Waals surface area contributed by atoms with Crippen molar-refractivity contribution in [1.29, 1.82) is 0 Å². The van der Waals surface area contributed by atoms with Gasteiger partial charge in [0.25, 0.3) is 0 Å². The Bertz CT molecular complexity index is 368. The maximum Gasteiger partial charge on any atom is 0.0683 e. The molecule has 0 radical (unpaired) electrons. The van der Waals surface area contributed by atoms with Crippen LogP contribution in [-0.4, -0.2) is 23.4 Å². The highest BCUT2D eigenvalue weighted by Crippen LogP contribution is 2.71. The lowest BCUT2D eigenvalue weighted by Gasteiger charge is -2.49. The van der Waals surface area contributed by atoms with Gasteiger partial charge < -0.3 is 9.84 Å². The smallest absolute Gasteiger partial charge is 0.0683 e. The molecule has 0 amide bonds. The summed E-state index contributed by atoms with van der Waals surface area (Å²) in [5.74, 6) is 1.33. The van der Waals surface area contributed by atoms with Crippen LogP contribution in [0.15, 0.2) is 0 Å². The molecule has 2 nitrogen and oxygen atoms in total. The summed E-state index contributed by atoms with van der Waals surface area (Å²) in [4.78, 5) is 0. The summed E-state index contributed by atoms with van der Waals surface area (Å²) in [5.41, 5.74) is 0.323. The lowest BCUT2D eigenvalue weighted by Crippen LogP contribution is -2.49. The Hall–Kier alpha value is -0.0800. The van der Waals surface area contributed by atoms with E-state index >= 15 is 0 Å². The second kappa shape index (κ2) is 4.71. The standard InChI is InChI=1S/C18H32O2/c1-5-20-14-7-10-18(19,11-8-14)15-12-13-6-9-17(15,4)16(13,2)3/h13-15,19H,5-12H2,1-4H3/t13-,14?,15-,17+,18?/m0/s1. The second-order valence-corrected chi connectivity index (χ2v) is 8.42. The van der Waals surface area contributed by atoms with Gasteiger partial charge in [0.1, 0.15) is 0 Å². The molecule has 3 aliphatic carbocycles. The Morgan fingerprint density at radius 3 is 2.15 bits per heavy atom. The zero-order valence-corrected chi connectivity index (χ0v) is 13.7. The number of aliphatic hydroxyl groups is 1. The van der Waals surface area contributed by atoms with Gasteiger partial charge in [0.2, 0.25) is 0 Å². The van der Waals surface area contributed by atoms with Gasteiger partial charge in [0, 0.05) is 6.61 Å². The summed E-state index contributed by atoms with van der Waals surface area (Å²) in [6, 6.07) is 0. The molecule has 3 fully saturated rings. The predicted octanol–water partition coefficient (Wildman–Crippen LogP) is 4.16. The van der Waals surface area contributed by atoms with E-state index in [2.05, 4.69) is 27.7 Å². The van der Waals surface area contributed by atoms with Crippen molar-refractivity contribution in [2.45, 2.75) is 84.3 Å². The summed E-state index contributed by atoms with van der Waals surface area (Å²) >= 11 is 0. The van der Waals surface area contributed by atoms with Gasteiger partial charge in [-0.15, -0.1) is 0 Å². The molecule has 3 saturated carbocycles. The van der Waals surface area contributed by atoms with E-state index in [0.717, 1.165) is 38.2 Å². The van der Waals surface area contributed by atoms with Crippen LogP contribution in [0.25, 0.3) is 0 Å². The summed E-state index contributed by atoms with van der Waals surface area (Å²) < 4.78 is 5.76. The average Bonchev–Trinajstić information content (AvgIpc) is 2.74. The van der Waals surface area contributed by atoms with Gasteiger partial charge in [-0.3, -0.25) is 0 Å². The number of ether oxygens (including phenoxy) is 1. The minimum absolute atomic E-state index is 0.338. The van der Waals surface area contributed by atoms with Crippen molar-refractivity contribution in [1.82, 2.24) is 0 Å². The summed E-state index contributed by atoms with van der Waals surface area (Å²) in [6.07, 6.45) is 8.30. The lowest BCUT2D eigenvalue weighted by atomic mass is 9.59. The molecule has 0 aliphatic heterocycles. The van der Waals surface area contributed by atoms with Crippen molar-refractivity contribution in [3.05, 3.63) is 0 Å². The fraction of sp³-hybridized carbons (Fsp3) is 1.00. The van der Waals surface area contributed by atoms with E-state index in [9.17, 15) is 5.11 Å². The highest BCUT2D eigenvalue weighted by Gasteiger charge is 2.65. The summed E-state index contributed by atoms with van der Waals surface area (Å²) in [5, 5.41) is 11.3. The fourth-order valence-electron chi connectivity index (χ4n) is 5.86. The highest BCUT2D eigenvalue weighted by atomic mass is 16.5. The van der Waals surface area contributed by atoms with Gasteiger partial charge in [-0.25, -0.2) is 0 Å². The van der Waals surface area contributed by atoms with Gasteiger partial charge in [-0.1, -0.05) is 20.8 Å². The van der Waals surface area contributed by atoms with E-state index in [4.69, 9.17) is 4.74 Å². The van der Waals surface area contributed by atoms with E-state index in [0.29, 0.717) is 22.9 Å². The first-order chi connectivity index (χ1) is 9.33. The Balaban J connectivity index is 1.75. The lowest BCUT2D eigenvalue weighted by molar-refractivity contribution is -0.124. The zero-order chi connectivity index (χ0) is 14.6. The SMILES string of the molecule is CCOC1CCC(O)([C@H]2C[C@@H]3CC[C@@]2(C)C3(C)C)CC1. The van der Waals surface area contributed by atoms with E-state index in [1.807, 2.05) is 0 Å². The van der Waals surface area contributed by atoms with Gasteiger partial charge >= 0.3 is 0 Å². The minimum atomic E-state index is -0.422. The molecule has 3 atom stereocenters. The van der Waals surface area contributed by atoms with Gasteiger partial charge in [-0.05, 0) is 74.5 Å². The predicted molar refractivity (Wildman–Crippen MR) is 81.6 cm³/mol. The maximum absolute atomic E-state index is 11.3. The van der Waals surface area contributed by atoms with Crippen molar-refractivity contribution in [3.8, 4) is 0 Å². The minimum Gasteiger partial charge on any atom is -0.390 e. The molecule has 0 spiro atoms. The normalized spacial score (nSPS) is 50.5. The zero-order valence-electron chi connectivity index (χ0n) is 13.7. The molecule has 2 heteroatoms. The molecule has 0 unspecified atom stereocenters. The first kappa shape index (κ1) is 14.8. The van der Waals surface area contributed by atoms with Gasteiger partial charge in [-0.2, -0.15) is 0 Å². The molecule has 0 aromatic rings. The molecule has 1 N–H and O–H groups in total. The monoisotopic (exact) mass is 280 g/mol. The summed E-state index contributed by atoms with van der Waals surface area (Å²) in [6.45, 7) is 10.2. The van der Waals surface area contributed by atoms with Crippen molar-refractivity contribution >= 4 is 0 Å². The molecular formula is C18H32O2. The first-order valence-electron chi connectivity index (χ1n) is 8.67. The molecule has 0 aromatic carbocycles. The van der Waals surface area contributed by atoms with Crippen molar-refractivity contribution in [2.75, 3.05) is 6.61 Å². The van der Waals surface area contributed by atoms with E-state index in [1.54, 1.807) is 0 Å². The van der Waals surface area contributed by atoms with E-state index in [1.165, 1.54) is 19.3 Å². The Labute approximate surface area is 124 Å². The number of fused-ring (bicyclic) bond motifs is 2. The highest BCUT2D eigenvalue weighted by molar-refractivity contribution is 5.15. The fourth-order valence-corrected chi connectivity index (χ4v) is 5.86. The van der Waals surface area contributed by atoms with Crippen molar-refractivity contribution < 1.29 is 9.84 Å². The number of hydrogen-bond donors (Lipinski definition) is 1. The molecule has 20 heavy (non-hydrogen) atoms. The van der Waals surface area contributed by atoms with Crippen molar-refractivity contribution in [3.63, 3.8) is 0 Å². The van der Waals surface area contributed by atoms with Crippen LogP contribution in [0.5, 0.6) is 0 Å². The number of hydrogen-bond acceptors (Lipinski definition) is 2. The molecule has 3 aliphatic rings.